The Labute approximate surface area is 82.2 Å². The van der Waals surface area contributed by atoms with Crippen LogP contribution in [0.1, 0.15) is 5.56 Å². The number of rotatable bonds is 2. The maximum absolute atomic E-state index is 12.6. The fraction of sp³-hybridized carbons (Fsp3) is 0.333. The summed E-state index contributed by atoms with van der Waals surface area (Å²) < 4.78 is 36.6. The molecule has 2 atom stereocenters. The largest absolute Gasteiger partial charge is 0.245 e. The Morgan fingerprint density at radius 1 is 1.36 bits per heavy atom. The molecule has 5 heteroatoms. The molecule has 0 radical (unpaired) electrons. The molecule has 0 spiro atoms. The predicted molar refractivity (Wildman–Crippen MR) is 50.0 cm³/mol. The second-order valence-electron chi connectivity index (χ2n) is 3.32. The molecule has 1 aliphatic rings. The fourth-order valence-corrected chi connectivity index (χ4v) is 2.57. The third-order valence-electron chi connectivity index (χ3n) is 2.14. The summed E-state index contributed by atoms with van der Waals surface area (Å²) in [7, 11) is -3.57. The van der Waals surface area contributed by atoms with Gasteiger partial charge in [-0.2, -0.15) is 4.31 Å². The summed E-state index contributed by atoms with van der Waals surface area (Å²) in [5.74, 6) is 0. The van der Waals surface area contributed by atoms with Gasteiger partial charge < -0.3 is 0 Å². The van der Waals surface area contributed by atoms with Crippen LogP contribution in [-0.4, -0.2) is 25.6 Å². The summed E-state index contributed by atoms with van der Waals surface area (Å²) >= 11 is 0. The third kappa shape index (κ3) is 1.53. The van der Waals surface area contributed by atoms with Gasteiger partial charge in [0.2, 0.25) is 10.0 Å². The van der Waals surface area contributed by atoms with Crippen molar-refractivity contribution >= 4 is 10.0 Å². The van der Waals surface area contributed by atoms with Gasteiger partial charge in [-0.25, -0.2) is 12.8 Å². The molecule has 14 heavy (non-hydrogen) atoms. The first-order valence-electron chi connectivity index (χ1n) is 4.24. The highest BCUT2D eigenvalue weighted by Crippen LogP contribution is 2.28. The lowest BCUT2D eigenvalue weighted by Crippen LogP contribution is -2.13. The Morgan fingerprint density at radius 2 is 1.86 bits per heavy atom. The van der Waals surface area contributed by atoms with Gasteiger partial charge in [-0.1, -0.05) is 17.7 Å². The molecule has 0 aromatic heterocycles. The molecule has 1 aliphatic heterocycles. The van der Waals surface area contributed by atoms with Gasteiger partial charge >= 0.3 is 0 Å². The van der Waals surface area contributed by atoms with Crippen molar-refractivity contribution in [2.45, 2.75) is 18.1 Å². The van der Waals surface area contributed by atoms with Crippen LogP contribution in [0.3, 0.4) is 0 Å². The first-order valence-corrected chi connectivity index (χ1v) is 5.68. The number of sulfonamides is 1. The topological polar surface area (TPSA) is 37.1 Å². The van der Waals surface area contributed by atoms with Crippen LogP contribution in [0.4, 0.5) is 4.39 Å². The van der Waals surface area contributed by atoms with Crippen LogP contribution in [0, 0.1) is 6.92 Å². The van der Waals surface area contributed by atoms with E-state index in [-0.39, 0.29) is 11.4 Å². The second-order valence-corrected chi connectivity index (χ2v) is 5.21. The minimum atomic E-state index is -3.57. The van der Waals surface area contributed by atoms with Crippen LogP contribution in [0.15, 0.2) is 29.2 Å². The number of halogens is 1. The Kier molecular flexibility index (Phi) is 2.08. The normalized spacial score (nSPS) is 26.1. The maximum Gasteiger partial charge on any atom is 0.245 e. The van der Waals surface area contributed by atoms with Crippen LogP contribution in [0.5, 0.6) is 0 Å². The van der Waals surface area contributed by atoms with E-state index in [0.29, 0.717) is 0 Å². The van der Waals surface area contributed by atoms with E-state index >= 15 is 0 Å². The van der Waals surface area contributed by atoms with Crippen molar-refractivity contribution in [3.05, 3.63) is 29.8 Å². The zero-order valence-electron chi connectivity index (χ0n) is 7.64. The van der Waals surface area contributed by atoms with Crippen LogP contribution in [0.2, 0.25) is 0 Å². The minimum absolute atomic E-state index is 0.0176. The highest BCUT2D eigenvalue weighted by atomic mass is 32.2. The first kappa shape index (κ1) is 9.61. The summed E-state index contributed by atoms with van der Waals surface area (Å²) in [6.07, 6.45) is -1.33. The van der Waals surface area contributed by atoms with Gasteiger partial charge in [0.25, 0.3) is 0 Å². The number of hydrogen-bond acceptors (Lipinski definition) is 2. The summed E-state index contributed by atoms with van der Waals surface area (Å²) in [6, 6.07) is 6.39. The third-order valence-corrected chi connectivity index (χ3v) is 4.00. The molecule has 0 aliphatic carbocycles. The molecule has 1 fully saturated rings. The number of benzene rings is 1. The average Bonchev–Trinajstić information content (AvgIpc) is 2.84. The molecule has 2 rings (SSSR count). The smallest absolute Gasteiger partial charge is 0.228 e. The lowest BCUT2D eigenvalue weighted by atomic mass is 10.2. The number of hydrogen-bond donors (Lipinski definition) is 0. The second kappa shape index (κ2) is 3.03. The van der Waals surface area contributed by atoms with Crippen molar-refractivity contribution < 1.29 is 12.8 Å². The van der Waals surface area contributed by atoms with Gasteiger partial charge in [0.15, 0.2) is 6.30 Å². The Morgan fingerprint density at radius 3 is 2.29 bits per heavy atom. The van der Waals surface area contributed by atoms with E-state index in [9.17, 15) is 12.8 Å². The van der Waals surface area contributed by atoms with E-state index in [1.54, 1.807) is 12.1 Å². The van der Waals surface area contributed by atoms with Gasteiger partial charge in [0.05, 0.1) is 11.4 Å². The van der Waals surface area contributed by atoms with Gasteiger partial charge in [-0.15, -0.1) is 0 Å². The van der Waals surface area contributed by atoms with Gasteiger partial charge in [0.1, 0.15) is 0 Å². The molecule has 76 valence electrons. The Hall–Kier alpha value is -0.940. The number of alkyl halides is 1. The molecule has 3 nitrogen and oxygen atoms in total. The lowest BCUT2D eigenvalue weighted by molar-refractivity contribution is 0.414. The van der Waals surface area contributed by atoms with Crippen molar-refractivity contribution in [2.24, 2.45) is 0 Å². The summed E-state index contributed by atoms with van der Waals surface area (Å²) in [6.45, 7) is 1.85. The molecule has 0 amide bonds. The monoisotopic (exact) mass is 215 g/mol. The van der Waals surface area contributed by atoms with E-state index in [2.05, 4.69) is 0 Å². The van der Waals surface area contributed by atoms with Gasteiger partial charge in [0, 0.05) is 0 Å². The standard InChI is InChI=1S/C9H10FNO2S/c1-7-2-4-8(5-3-7)14(12,13)11-6-9(11)10/h2-5,9H,6H2,1H3. The quantitative estimate of drug-likeness (QED) is 0.550. The SMILES string of the molecule is Cc1ccc(S(=O)(=O)N2CC2F)cc1. The molecule has 0 saturated carbocycles. The van der Waals surface area contributed by atoms with Crippen molar-refractivity contribution in [3.63, 3.8) is 0 Å². The van der Waals surface area contributed by atoms with Crippen molar-refractivity contribution in [1.82, 2.24) is 4.31 Å². The van der Waals surface area contributed by atoms with Gasteiger partial charge in [-0.05, 0) is 19.1 Å². The Bertz CT molecular complexity index is 440. The highest BCUT2D eigenvalue weighted by Gasteiger charge is 2.45. The van der Waals surface area contributed by atoms with Crippen LogP contribution in [-0.2, 0) is 10.0 Å². The predicted octanol–water partition coefficient (Wildman–Crippen LogP) is 1.29. The summed E-state index contributed by atoms with van der Waals surface area (Å²) in [5, 5.41) is 0. The molecule has 1 aromatic carbocycles. The molecule has 1 aromatic rings. The van der Waals surface area contributed by atoms with Crippen molar-refractivity contribution in [1.29, 1.82) is 0 Å². The highest BCUT2D eigenvalue weighted by molar-refractivity contribution is 7.89. The maximum atomic E-state index is 12.6. The molecule has 0 N–H and O–H groups in total. The molecular formula is C9H10FNO2S. The zero-order chi connectivity index (χ0) is 10.3. The Balaban J connectivity index is 2.35. The molecule has 2 unspecified atom stereocenters. The number of nitrogens with zero attached hydrogens (tertiary/aromatic N) is 1. The van der Waals surface area contributed by atoms with E-state index in [0.717, 1.165) is 9.87 Å². The van der Waals surface area contributed by atoms with E-state index in [1.165, 1.54) is 12.1 Å². The molecule has 1 saturated heterocycles. The van der Waals surface area contributed by atoms with Crippen LogP contribution in [0.25, 0.3) is 0 Å². The fourth-order valence-electron chi connectivity index (χ4n) is 1.20. The van der Waals surface area contributed by atoms with Gasteiger partial charge in [-0.3, -0.25) is 0 Å². The van der Waals surface area contributed by atoms with Crippen LogP contribution >= 0.6 is 0 Å². The summed E-state index contributed by atoms with van der Waals surface area (Å²) in [5.41, 5.74) is 0.978. The molecule has 1 heterocycles. The average molecular weight is 215 g/mol. The van der Waals surface area contributed by atoms with E-state index in [4.69, 9.17) is 0 Å². The first-order chi connectivity index (χ1) is 6.51. The number of aryl methyl sites for hydroxylation is 1. The van der Waals surface area contributed by atoms with Crippen LogP contribution < -0.4 is 0 Å². The van der Waals surface area contributed by atoms with E-state index in [1.807, 2.05) is 6.92 Å². The summed E-state index contributed by atoms with van der Waals surface area (Å²) in [4.78, 5) is 0.156. The minimum Gasteiger partial charge on any atom is -0.228 e. The van der Waals surface area contributed by atoms with Crippen molar-refractivity contribution in [2.75, 3.05) is 6.54 Å². The zero-order valence-corrected chi connectivity index (χ0v) is 8.46. The van der Waals surface area contributed by atoms with Crippen molar-refractivity contribution in [3.8, 4) is 0 Å². The molecule has 0 bridgehead atoms. The molecular weight excluding hydrogens is 205 g/mol. The van der Waals surface area contributed by atoms with E-state index < -0.39 is 16.3 Å². The lowest BCUT2D eigenvalue weighted by Gasteiger charge is -2.03.